The lowest BCUT2D eigenvalue weighted by Gasteiger charge is -2.27. The third kappa shape index (κ3) is 2.95. The van der Waals surface area contributed by atoms with Crippen LogP contribution >= 0.6 is 0 Å². The van der Waals surface area contributed by atoms with E-state index in [1.165, 1.54) is 6.26 Å². The van der Waals surface area contributed by atoms with E-state index in [4.69, 9.17) is 13.9 Å². The fourth-order valence-corrected chi connectivity index (χ4v) is 2.90. The standard InChI is InChI=1S/C16H15F3N2O5/c1-9-10(20-13(26-9)11-3-2-6-25-11)7-12(22)21-5-4-15(8-21,14(23)24)16(17,18)19/h2-3,6H,4-5,7-8H2,1H3,(H,23,24). The highest BCUT2D eigenvalue weighted by Crippen LogP contribution is 2.45. The second kappa shape index (κ2) is 6.19. The van der Waals surface area contributed by atoms with Crippen LogP contribution in [-0.4, -0.2) is 46.1 Å². The van der Waals surface area contributed by atoms with Crippen molar-refractivity contribution in [3.05, 3.63) is 29.9 Å². The maximum atomic E-state index is 13.2. The molecule has 140 valence electrons. The lowest BCUT2D eigenvalue weighted by molar-refractivity contribution is -0.227. The van der Waals surface area contributed by atoms with Gasteiger partial charge in [-0.25, -0.2) is 4.98 Å². The van der Waals surface area contributed by atoms with Crippen molar-refractivity contribution in [3.63, 3.8) is 0 Å². The zero-order valence-electron chi connectivity index (χ0n) is 13.7. The van der Waals surface area contributed by atoms with Gasteiger partial charge in [0.05, 0.1) is 18.4 Å². The fraction of sp³-hybridized carbons (Fsp3) is 0.438. The molecule has 0 bridgehead atoms. The number of amides is 1. The zero-order valence-corrected chi connectivity index (χ0v) is 13.7. The molecule has 3 heterocycles. The van der Waals surface area contributed by atoms with E-state index in [1.807, 2.05) is 0 Å². The van der Waals surface area contributed by atoms with Crippen LogP contribution in [0.15, 0.2) is 27.2 Å². The summed E-state index contributed by atoms with van der Waals surface area (Å²) in [6, 6.07) is 3.24. The van der Waals surface area contributed by atoms with Gasteiger partial charge in [0.2, 0.25) is 5.91 Å². The van der Waals surface area contributed by atoms with Gasteiger partial charge >= 0.3 is 12.1 Å². The molecule has 0 radical (unpaired) electrons. The molecule has 1 aliphatic rings. The predicted molar refractivity (Wildman–Crippen MR) is 80.0 cm³/mol. The largest absolute Gasteiger partial charge is 0.481 e. The Morgan fingerprint density at radius 1 is 1.42 bits per heavy atom. The van der Waals surface area contributed by atoms with Crippen LogP contribution in [0.1, 0.15) is 17.9 Å². The molecule has 0 aromatic carbocycles. The number of furan rings is 1. The van der Waals surface area contributed by atoms with Crippen LogP contribution < -0.4 is 0 Å². The minimum atomic E-state index is -4.94. The van der Waals surface area contributed by atoms with E-state index in [0.717, 1.165) is 4.90 Å². The SMILES string of the molecule is Cc1oc(-c2ccco2)nc1CC(=O)N1CCC(C(=O)O)(C(F)(F)F)C1. The number of aryl methyl sites for hydroxylation is 1. The van der Waals surface area contributed by atoms with Crippen LogP contribution in [0.2, 0.25) is 0 Å². The first kappa shape index (κ1) is 18.0. The molecule has 1 amide bonds. The molecule has 10 heteroatoms. The molecule has 1 saturated heterocycles. The summed E-state index contributed by atoms with van der Waals surface area (Å²) in [5, 5.41) is 9.05. The number of alkyl halides is 3. The van der Waals surface area contributed by atoms with Gasteiger partial charge in [-0.1, -0.05) is 0 Å². The van der Waals surface area contributed by atoms with Gasteiger partial charge in [-0.2, -0.15) is 13.2 Å². The Labute approximate surface area is 145 Å². The molecule has 0 saturated carbocycles. The molecule has 0 aliphatic carbocycles. The fourth-order valence-electron chi connectivity index (χ4n) is 2.90. The van der Waals surface area contributed by atoms with Crippen molar-refractivity contribution in [1.29, 1.82) is 0 Å². The quantitative estimate of drug-likeness (QED) is 0.886. The number of hydrogen-bond donors (Lipinski definition) is 1. The molecule has 7 nitrogen and oxygen atoms in total. The Morgan fingerprint density at radius 2 is 2.15 bits per heavy atom. The number of aliphatic carboxylic acids is 1. The van der Waals surface area contributed by atoms with E-state index in [1.54, 1.807) is 19.1 Å². The van der Waals surface area contributed by atoms with Crippen molar-refractivity contribution in [2.75, 3.05) is 13.1 Å². The number of aromatic nitrogens is 1. The highest BCUT2D eigenvalue weighted by Gasteiger charge is 2.64. The molecule has 26 heavy (non-hydrogen) atoms. The Balaban J connectivity index is 1.75. The highest BCUT2D eigenvalue weighted by molar-refractivity contribution is 5.82. The van der Waals surface area contributed by atoms with E-state index in [2.05, 4.69) is 4.98 Å². The molecule has 2 aromatic rings. The highest BCUT2D eigenvalue weighted by atomic mass is 19.4. The minimum Gasteiger partial charge on any atom is -0.481 e. The molecule has 3 rings (SSSR count). The third-order valence-corrected chi connectivity index (χ3v) is 4.52. The molecule has 1 aliphatic heterocycles. The number of likely N-dealkylation sites (tertiary alicyclic amines) is 1. The van der Waals surface area contributed by atoms with Crippen LogP contribution in [0.5, 0.6) is 0 Å². The normalized spacial score (nSPS) is 20.5. The first-order valence-corrected chi connectivity index (χ1v) is 7.72. The van der Waals surface area contributed by atoms with Gasteiger partial charge in [0.15, 0.2) is 11.2 Å². The Hall–Kier alpha value is -2.78. The summed E-state index contributed by atoms with van der Waals surface area (Å²) in [4.78, 5) is 28.6. The maximum absolute atomic E-state index is 13.2. The Bertz CT molecular complexity index is 828. The van der Waals surface area contributed by atoms with Gasteiger partial charge in [-0.3, -0.25) is 9.59 Å². The van der Waals surface area contributed by atoms with Crippen molar-refractivity contribution >= 4 is 11.9 Å². The summed E-state index contributed by atoms with van der Waals surface area (Å²) in [6.07, 6.45) is -4.48. The van der Waals surface area contributed by atoms with E-state index in [0.29, 0.717) is 11.5 Å². The Morgan fingerprint density at radius 3 is 2.69 bits per heavy atom. The van der Waals surface area contributed by atoms with E-state index in [-0.39, 0.29) is 24.6 Å². The summed E-state index contributed by atoms with van der Waals surface area (Å²) in [7, 11) is 0. The predicted octanol–water partition coefficient (Wildman–Crippen LogP) is 2.65. The molecule has 0 spiro atoms. The number of halogens is 3. The zero-order chi connectivity index (χ0) is 19.1. The van der Waals surface area contributed by atoms with E-state index in [9.17, 15) is 22.8 Å². The van der Waals surface area contributed by atoms with Gasteiger partial charge in [0, 0.05) is 13.1 Å². The van der Waals surface area contributed by atoms with Crippen LogP contribution in [0.3, 0.4) is 0 Å². The van der Waals surface area contributed by atoms with Gasteiger partial charge in [-0.05, 0) is 25.5 Å². The molecule has 2 aromatic heterocycles. The number of carboxylic acids is 1. The van der Waals surface area contributed by atoms with Crippen molar-refractivity contribution in [1.82, 2.24) is 9.88 Å². The maximum Gasteiger partial charge on any atom is 0.406 e. The number of nitrogens with zero attached hydrogens (tertiary/aromatic N) is 2. The molecular formula is C16H15F3N2O5. The first-order valence-electron chi connectivity index (χ1n) is 7.72. The van der Waals surface area contributed by atoms with Crippen molar-refractivity contribution in [2.24, 2.45) is 5.41 Å². The number of carbonyl (C=O) groups is 2. The van der Waals surface area contributed by atoms with Crippen LogP contribution in [0, 0.1) is 12.3 Å². The van der Waals surface area contributed by atoms with Crippen molar-refractivity contribution in [2.45, 2.75) is 25.9 Å². The van der Waals surface area contributed by atoms with Crippen LogP contribution in [0.25, 0.3) is 11.7 Å². The van der Waals surface area contributed by atoms with Crippen molar-refractivity contribution in [3.8, 4) is 11.7 Å². The Kier molecular flexibility index (Phi) is 4.29. The number of oxazole rings is 1. The summed E-state index contributed by atoms with van der Waals surface area (Å²) < 4.78 is 50.1. The van der Waals surface area contributed by atoms with Crippen LogP contribution in [0.4, 0.5) is 13.2 Å². The smallest absolute Gasteiger partial charge is 0.406 e. The molecule has 1 fully saturated rings. The third-order valence-electron chi connectivity index (χ3n) is 4.52. The number of carboxylic acid groups (broad SMARTS) is 1. The first-order chi connectivity index (χ1) is 12.1. The average Bonchev–Trinajstić information content (AvgIpc) is 3.25. The summed E-state index contributed by atoms with van der Waals surface area (Å²) >= 11 is 0. The molecular weight excluding hydrogens is 357 g/mol. The van der Waals surface area contributed by atoms with E-state index >= 15 is 0 Å². The minimum absolute atomic E-state index is 0.159. The number of hydrogen-bond acceptors (Lipinski definition) is 5. The number of rotatable bonds is 4. The molecule has 1 atom stereocenters. The van der Waals surface area contributed by atoms with Gasteiger partial charge in [-0.15, -0.1) is 0 Å². The molecule has 1 N–H and O–H groups in total. The monoisotopic (exact) mass is 372 g/mol. The number of carbonyl (C=O) groups excluding carboxylic acids is 1. The molecule has 1 unspecified atom stereocenters. The van der Waals surface area contributed by atoms with E-state index < -0.39 is 36.4 Å². The summed E-state index contributed by atoms with van der Waals surface area (Å²) in [6.45, 7) is 0.377. The second-order valence-electron chi connectivity index (χ2n) is 6.13. The summed E-state index contributed by atoms with van der Waals surface area (Å²) in [5.41, 5.74) is -2.66. The van der Waals surface area contributed by atoms with Crippen LogP contribution in [-0.2, 0) is 16.0 Å². The topological polar surface area (TPSA) is 96.8 Å². The van der Waals surface area contributed by atoms with Gasteiger partial charge < -0.3 is 18.8 Å². The van der Waals surface area contributed by atoms with Gasteiger partial charge in [0.25, 0.3) is 5.89 Å². The lowest BCUT2D eigenvalue weighted by Crippen LogP contribution is -2.47. The summed E-state index contributed by atoms with van der Waals surface area (Å²) in [5.74, 6) is -1.76. The van der Waals surface area contributed by atoms with Gasteiger partial charge in [0.1, 0.15) is 5.76 Å². The lowest BCUT2D eigenvalue weighted by atomic mass is 9.86. The van der Waals surface area contributed by atoms with Crippen molar-refractivity contribution < 1.29 is 36.7 Å². The second-order valence-corrected chi connectivity index (χ2v) is 6.13. The average molecular weight is 372 g/mol.